The Kier molecular flexibility index (Phi) is 2.59. The highest BCUT2D eigenvalue weighted by molar-refractivity contribution is 6.20. The van der Waals surface area contributed by atoms with E-state index in [1.807, 2.05) is 0 Å². The molecule has 0 N–H and O–H groups in total. The summed E-state index contributed by atoms with van der Waals surface area (Å²) in [6.07, 6.45) is 3.44. The maximum atomic E-state index is 6.26. The van der Waals surface area contributed by atoms with Crippen LogP contribution in [0.15, 0.2) is 24.3 Å². The maximum Gasteiger partial charge on any atom is 0.0368 e. The van der Waals surface area contributed by atoms with E-state index in [2.05, 4.69) is 31.2 Å². The van der Waals surface area contributed by atoms with E-state index in [9.17, 15) is 0 Å². The highest BCUT2D eigenvalue weighted by atomic mass is 35.5. The molecular formula is C12H15Cl. The molecule has 1 aromatic rings. The van der Waals surface area contributed by atoms with Gasteiger partial charge in [-0.1, -0.05) is 31.2 Å². The third kappa shape index (κ3) is 1.73. The van der Waals surface area contributed by atoms with Crippen LogP contribution < -0.4 is 0 Å². The van der Waals surface area contributed by atoms with Gasteiger partial charge in [-0.25, -0.2) is 0 Å². The van der Waals surface area contributed by atoms with Crippen LogP contribution in [0.2, 0.25) is 0 Å². The Bertz CT molecular complexity index is 268. The number of fused-ring (bicyclic) bond motifs is 1. The zero-order valence-corrected chi connectivity index (χ0v) is 8.72. The average molecular weight is 195 g/mol. The summed E-state index contributed by atoms with van der Waals surface area (Å²) in [6.45, 7) is 2.17. The molecule has 13 heavy (non-hydrogen) atoms. The molecule has 1 atom stereocenters. The summed E-state index contributed by atoms with van der Waals surface area (Å²) in [7, 11) is 0. The highest BCUT2D eigenvalue weighted by Crippen LogP contribution is 2.31. The molecule has 0 nitrogen and oxygen atoms in total. The fraction of sp³-hybridized carbons (Fsp3) is 0.500. The van der Waals surface area contributed by atoms with Crippen molar-refractivity contribution >= 4 is 11.6 Å². The van der Waals surface area contributed by atoms with Crippen molar-refractivity contribution in [1.82, 2.24) is 0 Å². The van der Waals surface area contributed by atoms with E-state index in [4.69, 9.17) is 11.6 Å². The lowest BCUT2D eigenvalue weighted by Gasteiger charge is -2.13. The fourth-order valence-corrected chi connectivity index (χ4v) is 2.36. The largest absolute Gasteiger partial charge is 0.123 e. The van der Waals surface area contributed by atoms with Gasteiger partial charge >= 0.3 is 0 Å². The van der Waals surface area contributed by atoms with Gasteiger partial charge in [-0.05, 0) is 36.3 Å². The summed E-state index contributed by atoms with van der Waals surface area (Å²) in [4.78, 5) is 0. The lowest BCUT2D eigenvalue weighted by Crippen LogP contribution is -2.13. The smallest absolute Gasteiger partial charge is 0.0368 e. The van der Waals surface area contributed by atoms with E-state index in [1.165, 1.54) is 24.0 Å². The molecular weight excluding hydrogens is 180 g/mol. The van der Waals surface area contributed by atoms with Gasteiger partial charge in [-0.3, -0.25) is 0 Å². The van der Waals surface area contributed by atoms with Crippen LogP contribution in [-0.2, 0) is 12.8 Å². The predicted molar refractivity (Wildman–Crippen MR) is 57.3 cm³/mol. The first-order chi connectivity index (χ1) is 6.31. The molecule has 0 amide bonds. The molecule has 0 radical (unpaired) electrons. The van der Waals surface area contributed by atoms with Crippen molar-refractivity contribution in [3.05, 3.63) is 35.4 Å². The summed E-state index contributed by atoms with van der Waals surface area (Å²) in [6, 6.07) is 8.70. The number of hydrogen-bond donors (Lipinski definition) is 0. The zero-order valence-electron chi connectivity index (χ0n) is 7.96. The van der Waals surface area contributed by atoms with E-state index in [-0.39, 0.29) is 0 Å². The van der Waals surface area contributed by atoms with Gasteiger partial charge in [0.1, 0.15) is 0 Å². The van der Waals surface area contributed by atoms with E-state index in [0.717, 1.165) is 6.42 Å². The quantitative estimate of drug-likeness (QED) is 0.633. The van der Waals surface area contributed by atoms with Gasteiger partial charge in [0.25, 0.3) is 0 Å². The summed E-state index contributed by atoms with van der Waals surface area (Å²) in [5, 5.41) is 0.354. The first kappa shape index (κ1) is 9.08. The molecule has 0 saturated heterocycles. The summed E-state index contributed by atoms with van der Waals surface area (Å²) >= 11 is 6.26. The second-order valence-corrected chi connectivity index (χ2v) is 4.42. The van der Waals surface area contributed by atoms with Crippen LogP contribution in [0.5, 0.6) is 0 Å². The fourth-order valence-electron chi connectivity index (χ4n) is 2.18. The number of benzene rings is 1. The molecule has 0 fully saturated rings. The molecule has 1 aliphatic carbocycles. The molecule has 0 aromatic heterocycles. The SMILES string of the molecule is CCC(Cl)C1Cc2ccccc2C1. The molecule has 70 valence electrons. The van der Waals surface area contributed by atoms with Gasteiger partial charge in [0.05, 0.1) is 0 Å². The third-order valence-electron chi connectivity index (χ3n) is 2.98. The van der Waals surface area contributed by atoms with Gasteiger partial charge < -0.3 is 0 Å². The lowest BCUT2D eigenvalue weighted by molar-refractivity contribution is 0.515. The Morgan fingerprint density at radius 2 is 1.85 bits per heavy atom. The Hall–Kier alpha value is -0.490. The minimum absolute atomic E-state index is 0.354. The molecule has 0 saturated carbocycles. The maximum absolute atomic E-state index is 6.26. The van der Waals surface area contributed by atoms with Gasteiger partial charge in [-0.2, -0.15) is 0 Å². The van der Waals surface area contributed by atoms with Crippen molar-refractivity contribution in [2.75, 3.05) is 0 Å². The molecule has 1 heteroatoms. The molecule has 1 unspecified atom stereocenters. The van der Waals surface area contributed by atoms with E-state index >= 15 is 0 Å². The summed E-state index contributed by atoms with van der Waals surface area (Å²) in [5.41, 5.74) is 3.01. The Morgan fingerprint density at radius 3 is 2.31 bits per heavy atom. The molecule has 0 spiro atoms. The van der Waals surface area contributed by atoms with Crippen LogP contribution >= 0.6 is 11.6 Å². The van der Waals surface area contributed by atoms with Crippen molar-refractivity contribution in [3.8, 4) is 0 Å². The predicted octanol–water partition coefficient (Wildman–Crippen LogP) is 3.42. The van der Waals surface area contributed by atoms with Crippen LogP contribution in [0.4, 0.5) is 0 Å². The van der Waals surface area contributed by atoms with Crippen LogP contribution in [0.25, 0.3) is 0 Å². The second-order valence-electron chi connectivity index (χ2n) is 3.86. The first-order valence-corrected chi connectivity index (χ1v) is 5.45. The highest BCUT2D eigenvalue weighted by Gasteiger charge is 2.25. The topological polar surface area (TPSA) is 0 Å². The molecule has 0 bridgehead atoms. The van der Waals surface area contributed by atoms with Gasteiger partial charge in [-0.15, -0.1) is 11.6 Å². The average Bonchev–Trinajstić information content (AvgIpc) is 2.59. The molecule has 0 aliphatic heterocycles. The lowest BCUT2D eigenvalue weighted by atomic mass is 10.0. The van der Waals surface area contributed by atoms with Crippen molar-refractivity contribution in [3.63, 3.8) is 0 Å². The van der Waals surface area contributed by atoms with Gasteiger partial charge in [0.15, 0.2) is 0 Å². The first-order valence-electron chi connectivity index (χ1n) is 5.02. The Labute approximate surface area is 84.9 Å². The van der Waals surface area contributed by atoms with E-state index in [1.54, 1.807) is 0 Å². The number of rotatable bonds is 2. The van der Waals surface area contributed by atoms with E-state index < -0.39 is 0 Å². The molecule has 2 rings (SSSR count). The van der Waals surface area contributed by atoms with Crippen molar-refractivity contribution in [2.24, 2.45) is 5.92 Å². The zero-order chi connectivity index (χ0) is 9.26. The van der Waals surface area contributed by atoms with Crippen LogP contribution in [0.3, 0.4) is 0 Å². The standard InChI is InChI=1S/C12H15Cl/c1-2-12(13)11-7-9-5-3-4-6-10(9)8-11/h3-6,11-12H,2,7-8H2,1H3. The van der Waals surface area contributed by atoms with Gasteiger partial charge in [0, 0.05) is 5.38 Å². The van der Waals surface area contributed by atoms with Crippen molar-refractivity contribution in [2.45, 2.75) is 31.6 Å². The minimum Gasteiger partial charge on any atom is -0.123 e. The van der Waals surface area contributed by atoms with Crippen LogP contribution in [-0.4, -0.2) is 5.38 Å². The van der Waals surface area contributed by atoms with Crippen LogP contribution in [0, 0.1) is 5.92 Å². The van der Waals surface area contributed by atoms with Crippen molar-refractivity contribution in [1.29, 1.82) is 0 Å². The summed E-state index contributed by atoms with van der Waals surface area (Å²) < 4.78 is 0. The van der Waals surface area contributed by atoms with Gasteiger partial charge in [0.2, 0.25) is 0 Å². The Morgan fingerprint density at radius 1 is 1.31 bits per heavy atom. The molecule has 1 aromatic carbocycles. The summed E-state index contributed by atoms with van der Waals surface area (Å²) in [5.74, 6) is 0.670. The number of hydrogen-bond acceptors (Lipinski definition) is 0. The molecule has 0 heterocycles. The van der Waals surface area contributed by atoms with Crippen LogP contribution in [0.1, 0.15) is 24.5 Å². The normalized spacial score (nSPS) is 18.6. The third-order valence-corrected chi connectivity index (χ3v) is 3.65. The Balaban J connectivity index is 2.14. The number of alkyl halides is 1. The monoisotopic (exact) mass is 194 g/mol. The minimum atomic E-state index is 0.354. The number of halogens is 1. The van der Waals surface area contributed by atoms with E-state index in [0.29, 0.717) is 11.3 Å². The molecule has 1 aliphatic rings. The second kappa shape index (κ2) is 3.71. The van der Waals surface area contributed by atoms with Crippen molar-refractivity contribution < 1.29 is 0 Å².